The molecule has 2 rings (SSSR count). The number of para-hydroxylation sites is 2. The molecule has 0 saturated carbocycles. The predicted octanol–water partition coefficient (Wildman–Crippen LogP) is 2.69. The Morgan fingerprint density at radius 2 is 1.41 bits per heavy atom. The molecule has 1 aliphatic rings. The normalized spacial score (nSPS) is 15.4. The molecular weight excluding hydrogens is 212 g/mol. The van der Waals surface area contributed by atoms with Gasteiger partial charge < -0.3 is 5.11 Å². The van der Waals surface area contributed by atoms with Gasteiger partial charge in [0.25, 0.3) is 17.1 Å². The summed E-state index contributed by atoms with van der Waals surface area (Å²) in [5, 5.41) is 10.2. The molecule has 17 heavy (non-hydrogen) atoms. The van der Waals surface area contributed by atoms with Gasteiger partial charge in [-0.2, -0.15) is 0 Å². The number of aliphatic hydroxyl groups is 1. The van der Waals surface area contributed by atoms with Gasteiger partial charge in [0.2, 0.25) is 0 Å². The maximum absolute atomic E-state index is 10.2. The predicted molar refractivity (Wildman–Crippen MR) is 67.3 cm³/mol. The van der Waals surface area contributed by atoms with Gasteiger partial charge in [-0.15, -0.1) is 0 Å². The van der Waals surface area contributed by atoms with Crippen molar-refractivity contribution in [2.45, 2.75) is 45.9 Å². The van der Waals surface area contributed by atoms with Gasteiger partial charge in [-0.1, -0.05) is 21.3 Å². The topological polar surface area (TPSA) is 26.2 Å². The van der Waals surface area contributed by atoms with Crippen molar-refractivity contribution in [3.05, 3.63) is 24.3 Å². The molecule has 3 nitrogen and oxygen atoms in total. The molecule has 1 heterocycles. The van der Waals surface area contributed by atoms with E-state index in [1.165, 1.54) is 0 Å². The molecule has 0 aromatic heterocycles. The van der Waals surface area contributed by atoms with Gasteiger partial charge in [0.15, 0.2) is 5.54 Å². The highest BCUT2D eigenvalue weighted by Crippen LogP contribution is 2.35. The van der Waals surface area contributed by atoms with E-state index in [1.807, 2.05) is 18.2 Å². The van der Waals surface area contributed by atoms with Gasteiger partial charge in [-0.05, 0) is 0 Å². The Hall–Kier alpha value is -1.44. The van der Waals surface area contributed by atoms with Crippen molar-refractivity contribution in [3.63, 3.8) is 0 Å². The molecule has 0 unspecified atom stereocenters. The summed E-state index contributed by atoms with van der Waals surface area (Å²) in [7, 11) is 0. The van der Waals surface area contributed by atoms with E-state index in [0.717, 1.165) is 11.4 Å². The lowest BCUT2D eigenvalue weighted by atomic mass is 10.1. The van der Waals surface area contributed by atoms with Gasteiger partial charge in [0, 0.05) is 46.8 Å². The minimum Gasteiger partial charge on any atom is -0.334 e. The van der Waals surface area contributed by atoms with Crippen LogP contribution in [0.1, 0.15) is 34.6 Å². The van der Waals surface area contributed by atoms with E-state index in [-0.39, 0.29) is 5.54 Å². The van der Waals surface area contributed by atoms with Crippen molar-refractivity contribution in [1.82, 2.24) is 0 Å². The Morgan fingerprint density at radius 3 is 1.82 bits per heavy atom. The first-order valence-electron chi connectivity index (χ1n) is 5.89. The fraction of sp³-hybridized carbons (Fsp3) is 0.500. The van der Waals surface area contributed by atoms with Crippen molar-refractivity contribution < 1.29 is 14.3 Å². The molecule has 0 bridgehead atoms. The van der Waals surface area contributed by atoms with Crippen LogP contribution in [0.3, 0.4) is 0 Å². The van der Waals surface area contributed by atoms with Crippen molar-refractivity contribution in [3.8, 4) is 0 Å². The SMILES string of the molecule is CC(C)(C)[N+]1=C=[N+](C(C)(C)O)c2ccccc21. The van der Waals surface area contributed by atoms with Gasteiger partial charge >= 0.3 is 6.01 Å². The lowest BCUT2D eigenvalue weighted by molar-refractivity contribution is -0.588. The maximum Gasteiger partial charge on any atom is 0.493 e. The molecule has 0 saturated heterocycles. The van der Waals surface area contributed by atoms with Crippen LogP contribution in [-0.4, -0.2) is 31.5 Å². The lowest BCUT2D eigenvalue weighted by Crippen LogP contribution is -2.32. The van der Waals surface area contributed by atoms with E-state index in [9.17, 15) is 5.11 Å². The number of fused-ring (bicyclic) bond motifs is 1. The smallest absolute Gasteiger partial charge is 0.334 e. The zero-order valence-electron chi connectivity index (χ0n) is 11.2. The standard InChI is InChI=1S/C14H20N2O/c1-13(2,3)15-10-16(14(4,5)17)12-9-7-6-8-11(12)15/h6-9,17H,1-5H3/q+2. The first-order chi connectivity index (χ1) is 7.71. The average molecular weight is 232 g/mol. The quantitative estimate of drug-likeness (QED) is 0.740. The number of hydrogen-bond acceptors (Lipinski definition) is 1. The molecule has 0 fully saturated rings. The Kier molecular flexibility index (Phi) is 2.49. The summed E-state index contributed by atoms with van der Waals surface area (Å²) >= 11 is 0. The second kappa shape index (κ2) is 3.52. The minimum absolute atomic E-state index is 0.0594. The number of hydrogen-bond donors (Lipinski definition) is 1. The average Bonchev–Trinajstić information content (AvgIpc) is 2.55. The molecule has 0 amide bonds. The highest BCUT2D eigenvalue weighted by atomic mass is 16.3. The van der Waals surface area contributed by atoms with Gasteiger partial charge in [0.05, 0.1) is 0 Å². The van der Waals surface area contributed by atoms with E-state index in [2.05, 4.69) is 37.4 Å². The maximum atomic E-state index is 10.2. The number of benzene rings is 1. The van der Waals surface area contributed by atoms with Crippen LogP contribution in [0.2, 0.25) is 0 Å². The van der Waals surface area contributed by atoms with Crippen LogP contribution >= 0.6 is 0 Å². The van der Waals surface area contributed by atoms with Crippen LogP contribution < -0.4 is 0 Å². The van der Waals surface area contributed by atoms with Crippen LogP contribution in [0.15, 0.2) is 24.3 Å². The fourth-order valence-electron chi connectivity index (χ4n) is 1.98. The monoisotopic (exact) mass is 232 g/mol. The summed E-state index contributed by atoms with van der Waals surface area (Å²) in [4.78, 5) is 0. The van der Waals surface area contributed by atoms with Crippen LogP contribution in [-0.2, 0) is 0 Å². The lowest BCUT2D eigenvalue weighted by Gasteiger charge is -2.10. The zero-order chi connectivity index (χ0) is 12.8. The molecule has 90 valence electrons. The van der Waals surface area contributed by atoms with E-state index < -0.39 is 5.72 Å². The summed E-state index contributed by atoms with van der Waals surface area (Å²) in [6.07, 6.45) is 0. The highest BCUT2D eigenvalue weighted by molar-refractivity contribution is 5.59. The van der Waals surface area contributed by atoms with Gasteiger partial charge in [-0.3, -0.25) is 0 Å². The van der Waals surface area contributed by atoms with E-state index in [4.69, 9.17) is 0 Å². The summed E-state index contributed by atoms with van der Waals surface area (Å²) in [5.41, 5.74) is 1.07. The van der Waals surface area contributed by atoms with Crippen molar-refractivity contribution >= 4 is 17.4 Å². The van der Waals surface area contributed by atoms with Gasteiger partial charge in [0.1, 0.15) is 0 Å². The van der Waals surface area contributed by atoms with Crippen LogP contribution in [0, 0.1) is 0 Å². The summed E-state index contributed by atoms with van der Waals surface area (Å²) in [5.74, 6) is 0. The molecular formula is C14H20N2O+2. The second-order valence-corrected chi connectivity index (χ2v) is 5.92. The summed E-state index contributed by atoms with van der Waals surface area (Å²) in [6, 6.07) is 11.3. The largest absolute Gasteiger partial charge is 0.493 e. The molecule has 1 N–H and O–H groups in total. The highest BCUT2D eigenvalue weighted by Gasteiger charge is 2.45. The Labute approximate surface area is 102 Å². The molecule has 0 aliphatic carbocycles. The van der Waals surface area contributed by atoms with Crippen LogP contribution in [0.4, 0.5) is 11.4 Å². The third-order valence-corrected chi connectivity index (χ3v) is 2.78. The van der Waals surface area contributed by atoms with Crippen molar-refractivity contribution in [2.24, 2.45) is 0 Å². The van der Waals surface area contributed by atoms with E-state index in [0.29, 0.717) is 0 Å². The minimum atomic E-state index is -0.948. The van der Waals surface area contributed by atoms with Crippen molar-refractivity contribution in [2.75, 3.05) is 0 Å². The summed E-state index contributed by atoms with van der Waals surface area (Å²) in [6.45, 7) is 9.92. The zero-order valence-corrected chi connectivity index (χ0v) is 11.2. The Balaban J connectivity index is 2.70. The molecule has 0 radical (unpaired) electrons. The van der Waals surface area contributed by atoms with Crippen LogP contribution in [0.25, 0.3) is 0 Å². The molecule has 3 heteroatoms. The first-order valence-corrected chi connectivity index (χ1v) is 5.89. The first kappa shape index (κ1) is 12.0. The second-order valence-electron chi connectivity index (χ2n) is 5.92. The molecule has 1 aromatic rings. The Bertz CT molecular complexity index is 479. The molecule has 0 spiro atoms. The third kappa shape index (κ3) is 2.04. The fourth-order valence-corrected chi connectivity index (χ4v) is 1.98. The van der Waals surface area contributed by atoms with Gasteiger partial charge in [-0.25, -0.2) is 0 Å². The van der Waals surface area contributed by atoms with Crippen LogP contribution in [0.5, 0.6) is 0 Å². The summed E-state index contributed by atoms with van der Waals surface area (Å²) < 4.78 is 3.86. The number of rotatable bonds is 1. The molecule has 1 aliphatic heterocycles. The molecule has 0 atom stereocenters. The van der Waals surface area contributed by atoms with E-state index >= 15 is 0 Å². The molecule has 1 aromatic carbocycles. The van der Waals surface area contributed by atoms with Crippen molar-refractivity contribution in [1.29, 1.82) is 0 Å². The van der Waals surface area contributed by atoms with E-state index in [1.54, 1.807) is 18.4 Å². The Morgan fingerprint density at radius 1 is 0.941 bits per heavy atom. The third-order valence-electron chi connectivity index (χ3n) is 2.78. The number of nitrogens with zero attached hydrogens (tertiary/aromatic N) is 2.